The Hall–Kier alpha value is -1.41. The summed E-state index contributed by atoms with van der Waals surface area (Å²) in [7, 11) is 1.64. The summed E-state index contributed by atoms with van der Waals surface area (Å²) >= 11 is 16.8. The fourth-order valence-corrected chi connectivity index (χ4v) is 4.61. The molecule has 136 valence electrons. The molecule has 1 aromatic carbocycles. The van der Waals surface area contributed by atoms with Crippen LogP contribution in [-0.4, -0.2) is 40.6 Å². The van der Waals surface area contributed by atoms with Gasteiger partial charge in [0.05, 0.1) is 27.7 Å². The lowest BCUT2D eigenvalue weighted by Crippen LogP contribution is -2.48. The van der Waals surface area contributed by atoms with Gasteiger partial charge in [0.15, 0.2) is 0 Å². The lowest BCUT2D eigenvalue weighted by atomic mass is 10.1. The van der Waals surface area contributed by atoms with E-state index in [-0.39, 0.29) is 27.1 Å². The first-order valence-corrected chi connectivity index (χ1v) is 9.98. The van der Waals surface area contributed by atoms with Crippen LogP contribution in [0.2, 0.25) is 10.0 Å². The molecule has 1 unspecified atom stereocenters. The highest BCUT2D eigenvalue weighted by molar-refractivity contribution is 9.10. The largest absolute Gasteiger partial charge is 0.339 e. The number of fused-ring (bicyclic) bond motifs is 1. The summed E-state index contributed by atoms with van der Waals surface area (Å²) in [6.07, 6.45) is 0. The average molecular weight is 476 g/mol. The van der Waals surface area contributed by atoms with Gasteiger partial charge in [-0.2, -0.15) is 0 Å². The lowest BCUT2D eigenvalue weighted by molar-refractivity contribution is -0.134. The number of likely N-dealkylation sites (N-methyl/N-ethyl adjacent to an activating group) is 1. The molecular weight excluding hydrogens is 463 g/mol. The van der Waals surface area contributed by atoms with Crippen molar-refractivity contribution in [2.45, 2.75) is 19.5 Å². The van der Waals surface area contributed by atoms with Crippen molar-refractivity contribution < 1.29 is 14.4 Å². The third-order valence-corrected chi connectivity index (χ3v) is 6.50. The number of hydrogen-bond donors (Lipinski definition) is 0. The molecule has 3 amide bonds. The maximum atomic E-state index is 12.7. The van der Waals surface area contributed by atoms with Crippen LogP contribution in [0.1, 0.15) is 32.5 Å². The molecule has 0 fully saturated rings. The highest BCUT2D eigenvalue weighted by Crippen LogP contribution is 2.32. The van der Waals surface area contributed by atoms with E-state index in [1.54, 1.807) is 7.05 Å². The van der Waals surface area contributed by atoms with Crippen LogP contribution in [0, 0.1) is 0 Å². The van der Waals surface area contributed by atoms with Crippen molar-refractivity contribution in [3.63, 3.8) is 0 Å². The average Bonchev–Trinajstić information content (AvgIpc) is 3.09. The van der Waals surface area contributed by atoms with Gasteiger partial charge in [-0.3, -0.25) is 19.3 Å². The van der Waals surface area contributed by atoms with Crippen molar-refractivity contribution in [2.24, 2.45) is 0 Å². The molecule has 2 heterocycles. The number of nitrogens with zero attached hydrogens (tertiary/aromatic N) is 2. The van der Waals surface area contributed by atoms with Crippen LogP contribution >= 0.6 is 50.5 Å². The molecule has 26 heavy (non-hydrogen) atoms. The predicted molar refractivity (Wildman–Crippen MR) is 105 cm³/mol. The van der Waals surface area contributed by atoms with Crippen molar-refractivity contribution in [1.29, 1.82) is 0 Å². The highest BCUT2D eigenvalue weighted by Gasteiger charge is 2.42. The molecule has 0 radical (unpaired) electrons. The van der Waals surface area contributed by atoms with Gasteiger partial charge in [-0.25, -0.2) is 0 Å². The number of carbonyl (C=O) groups excluding carboxylic acids is 3. The second kappa shape index (κ2) is 7.31. The topological polar surface area (TPSA) is 57.7 Å². The van der Waals surface area contributed by atoms with Crippen LogP contribution in [-0.2, 0) is 11.3 Å². The summed E-state index contributed by atoms with van der Waals surface area (Å²) in [4.78, 5) is 41.4. The molecular formula is C17H13BrCl2N2O3S. The minimum Gasteiger partial charge on any atom is -0.339 e. The number of hydrogen-bond acceptors (Lipinski definition) is 4. The molecule has 1 aliphatic rings. The Morgan fingerprint density at radius 2 is 1.73 bits per heavy atom. The fraction of sp³-hybridized carbons (Fsp3) is 0.235. The quantitative estimate of drug-likeness (QED) is 0.613. The summed E-state index contributed by atoms with van der Waals surface area (Å²) in [5.74, 6) is -1.42. The van der Waals surface area contributed by atoms with E-state index in [2.05, 4.69) is 15.9 Å². The van der Waals surface area contributed by atoms with Crippen molar-refractivity contribution >= 4 is 68.2 Å². The molecule has 5 nitrogen and oxygen atoms in total. The summed E-state index contributed by atoms with van der Waals surface area (Å²) in [6.45, 7) is 1.92. The minimum absolute atomic E-state index is 0.161. The van der Waals surface area contributed by atoms with Crippen LogP contribution < -0.4 is 0 Å². The van der Waals surface area contributed by atoms with Crippen molar-refractivity contribution in [1.82, 2.24) is 9.80 Å². The zero-order valence-corrected chi connectivity index (χ0v) is 17.7. The number of thiophene rings is 1. The van der Waals surface area contributed by atoms with Crippen LogP contribution in [0.3, 0.4) is 0 Å². The highest BCUT2D eigenvalue weighted by atomic mass is 79.9. The Morgan fingerprint density at radius 3 is 2.19 bits per heavy atom. The smallest absolute Gasteiger partial charge is 0.262 e. The van der Waals surface area contributed by atoms with Crippen molar-refractivity contribution in [3.05, 3.63) is 54.1 Å². The summed E-state index contributed by atoms with van der Waals surface area (Å²) in [6, 6.07) is 3.71. The molecule has 3 rings (SSSR count). The Morgan fingerprint density at radius 1 is 1.19 bits per heavy atom. The van der Waals surface area contributed by atoms with Gasteiger partial charge < -0.3 is 4.90 Å². The SMILES string of the molecule is CC(C(=O)N(C)Cc1cc(Br)cs1)N1C(=O)c2cc(Cl)c(Cl)cc2C1=O. The normalized spacial score (nSPS) is 14.6. The van der Waals surface area contributed by atoms with Crippen LogP contribution in [0.15, 0.2) is 28.1 Å². The molecule has 0 aliphatic carbocycles. The minimum atomic E-state index is -0.937. The maximum absolute atomic E-state index is 12.7. The molecule has 1 atom stereocenters. The molecule has 0 N–H and O–H groups in total. The molecule has 1 aliphatic heterocycles. The molecule has 2 aromatic rings. The van der Waals surface area contributed by atoms with E-state index in [1.165, 1.54) is 35.3 Å². The third-order valence-electron chi connectivity index (χ3n) is 4.09. The van der Waals surface area contributed by atoms with Crippen molar-refractivity contribution in [3.8, 4) is 0 Å². The van der Waals surface area contributed by atoms with E-state index in [9.17, 15) is 14.4 Å². The third kappa shape index (κ3) is 3.41. The number of halogens is 3. The fourth-order valence-electron chi connectivity index (χ4n) is 2.78. The first-order valence-electron chi connectivity index (χ1n) is 7.55. The lowest BCUT2D eigenvalue weighted by Gasteiger charge is -2.26. The second-order valence-electron chi connectivity index (χ2n) is 5.89. The number of imide groups is 1. The van der Waals surface area contributed by atoms with E-state index < -0.39 is 17.9 Å². The molecule has 1 aromatic heterocycles. The molecule has 0 saturated heterocycles. The molecule has 0 bridgehead atoms. The number of benzene rings is 1. The Balaban J connectivity index is 1.81. The number of amides is 3. The van der Waals surface area contributed by atoms with E-state index in [4.69, 9.17) is 23.2 Å². The number of carbonyl (C=O) groups is 3. The van der Waals surface area contributed by atoms with E-state index in [1.807, 2.05) is 11.4 Å². The van der Waals surface area contributed by atoms with Gasteiger partial charge >= 0.3 is 0 Å². The Kier molecular flexibility index (Phi) is 5.44. The molecule has 0 spiro atoms. The zero-order chi connectivity index (χ0) is 19.2. The first kappa shape index (κ1) is 19.4. The Labute approximate surface area is 172 Å². The molecule has 9 heteroatoms. The van der Waals surface area contributed by atoms with Crippen LogP contribution in [0.5, 0.6) is 0 Å². The number of rotatable bonds is 4. The standard InChI is InChI=1S/C17H13BrCl2N2O3S/c1-8(15(23)21(2)6-10-3-9(18)7-26-10)22-16(24)11-4-13(19)14(20)5-12(11)17(22)25/h3-5,7-8H,6H2,1-2H3. The summed E-state index contributed by atoms with van der Waals surface area (Å²) in [5, 5.41) is 2.30. The van der Waals surface area contributed by atoms with Gasteiger partial charge in [0.1, 0.15) is 6.04 Å². The zero-order valence-electron chi connectivity index (χ0n) is 13.8. The van der Waals surface area contributed by atoms with Crippen LogP contribution in [0.4, 0.5) is 0 Å². The summed E-state index contributed by atoms with van der Waals surface area (Å²) in [5.41, 5.74) is 0.322. The second-order valence-corrected chi connectivity index (χ2v) is 8.62. The van der Waals surface area contributed by atoms with Gasteiger partial charge in [0, 0.05) is 21.8 Å². The monoisotopic (exact) mass is 474 g/mol. The van der Waals surface area contributed by atoms with Crippen molar-refractivity contribution in [2.75, 3.05) is 7.05 Å². The van der Waals surface area contributed by atoms with Gasteiger partial charge in [-0.1, -0.05) is 23.2 Å². The van der Waals surface area contributed by atoms with E-state index >= 15 is 0 Å². The predicted octanol–water partition coefficient (Wildman–Crippen LogP) is 4.46. The van der Waals surface area contributed by atoms with Gasteiger partial charge in [0.25, 0.3) is 11.8 Å². The Bertz CT molecular complexity index is 890. The van der Waals surface area contributed by atoms with E-state index in [0.717, 1.165) is 14.2 Å². The molecule has 0 saturated carbocycles. The van der Waals surface area contributed by atoms with E-state index in [0.29, 0.717) is 6.54 Å². The van der Waals surface area contributed by atoms with Gasteiger partial charge in [-0.15, -0.1) is 11.3 Å². The maximum Gasteiger partial charge on any atom is 0.262 e. The summed E-state index contributed by atoms with van der Waals surface area (Å²) < 4.78 is 0.945. The van der Waals surface area contributed by atoms with Gasteiger partial charge in [-0.05, 0) is 41.1 Å². The van der Waals surface area contributed by atoms with Crippen LogP contribution in [0.25, 0.3) is 0 Å². The van der Waals surface area contributed by atoms with Gasteiger partial charge in [0.2, 0.25) is 5.91 Å². The first-order chi connectivity index (χ1) is 12.2.